The standard InChI is InChI=1S/C17H38NO2PS2/c1-9-10-12-19-21(18(15(2)3)16(4)5)20-13-11-14-22-23-17(6,7)8/h15-16H,9-14H2,1-8H3. The van der Waals surface area contributed by atoms with E-state index in [2.05, 4.69) is 60.1 Å². The first-order valence-corrected chi connectivity index (χ1v) is 12.3. The smallest absolute Gasteiger partial charge is 0.259 e. The van der Waals surface area contributed by atoms with Gasteiger partial charge >= 0.3 is 0 Å². The molecule has 0 rings (SSSR count). The van der Waals surface area contributed by atoms with Crippen molar-refractivity contribution in [1.82, 2.24) is 4.67 Å². The van der Waals surface area contributed by atoms with Crippen molar-refractivity contribution >= 4 is 30.1 Å². The first kappa shape index (κ1) is 24.0. The van der Waals surface area contributed by atoms with Crippen LogP contribution >= 0.6 is 30.1 Å². The van der Waals surface area contributed by atoms with E-state index in [4.69, 9.17) is 9.05 Å². The first-order chi connectivity index (χ1) is 10.7. The van der Waals surface area contributed by atoms with Crippen molar-refractivity contribution in [2.75, 3.05) is 19.0 Å². The molecule has 0 saturated carbocycles. The van der Waals surface area contributed by atoms with E-state index < -0.39 is 8.53 Å². The maximum atomic E-state index is 6.15. The maximum absolute atomic E-state index is 6.15. The summed E-state index contributed by atoms with van der Waals surface area (Å²) in [7, 11) is 2.95. The van der Waals surface area contributed by atoms with Crippen LogP contribution in [-0.4, -0.2) is 40.5 Å². The summed E-state index contributed by atoms with van der Waals surface area (Å²) in [5, 5.41) is 0. The number of hydrogen-bond donors (Lipinski definition) is 0. The van der Waals surface area contributed by atoms with E-state index in [1.54, 1.807) is 0 Å². The van der Waals surface area contributed by atoms with Gasteiger partial charge in [0, 0.05) is 22.6 Å². The van der Waals surface area contributed by atoms with E-state index in [0.29, 0.717) is 16.8 Å². The fraction of sp³-hybridized carbons (Fsp3) is 1.00. The largest absolute Gasteiger partial charge is 0.322 e. The minimum Gasteiger partial charge on any atom is -0.322 e. The molecule has 0 aromatic rings. The third-order valence-electron chi connectivity index (χ3n) is 2.83. The highest BCUT2D eigenvalue weighted by Crippen LogP contribution is 2.46. The monoisotopic (exact) mass is 383 g/mol. The summed E-state index contributed by atoms with van der Waals surface area (Å²) in [6.07, 6.45) is 3.34. The van der Waals surface area contributed by atoms with Crippen LogP contribution < -0.4 is 0 Å². The summed E-state index contributed by atoms with van der Waals surface area (Å²) in [5.74, 6) is 1.13. The average Bonchev–Trinajstić information content (AvgIpc) is 2.40. The van der Waals surface area contributed by atoms with Crippen molar-refractivity contribution in [2.45, 2.75) is 91.5 Å². The minimum absolute atomic E-state index is 0.327. The average molecular weight is 384 g/mol. The van der Waals surface area contributed by atoms with E-state index in [1.165, 1.54) is 0 Å². The Kier molecular flexibility index (Phi) is 13.8. The Labute approximate surface area is 154 Å². The Morgan fingerprint density at radius 3 is 1.91 bits per heavy atom. The van der Waals surface area contributed by atoms with Gasteiger partial charge in [-0.3, -0.25) is 0 Å². The second kappa shape index (κ2) is 13.2. The summed E-state index contributed by atoms with van der Waals surface area (Å²) in [4.78, 5) is 0. The molecule has 6 heteroatoms. The zero-order valence-electron chi connectivity index (χ0n) is 16.4. The van der Waals surface area contributed by atoms with Gasteiger partial charge in [0.25, 0.3) is 8.53 Å². The number of rotatable bonds is 13. The van der Waals surface area contributed by atoms with Gasteiger partial charge in [0.05, 0.1) is 13.2 Å². The lowest BCUT2D eigenvalue weighted by Crippen LogP contribution is -2.33. The summed E-state index contributed by atoms with van der Waals surface area (Å²) in [6.45, 7) is 19.4. The van der Waals surface area contributed by atoms with E-state index >= 15 is 0 Å². The van der Waals surface area contributed by atoms with Crippen molar-refractivity contribution in [3.8, 4) is 0 Å². The highest BCUT2D eigenvalue weighted by atomic mass is 33.1. The predicted octanol–water partition coefficient (Wildman–Crippen LogP) is 6.74. The Morgan fingerprint density at radius 1 is 0.957 bits per heavy atom. The van der Waals surface area contributed by atoms with Crippen molar-refractivity contribution in [1.29, 1.82) is 0 Å². The molecule has 23 heavy (non-hydrogen) atoms. The number of unbranched alkanes of at least 4 members (excludes halogenated alkanes) is 1. The Balaban J connectivity index is 4.25. The zero-order valence-corrected chi connectivity index (χ0v) is 19.0. The third kappa shape index (κ3) is 12.9. The summed E-state index contributed by atoms with van der Waals surface area (Å²) in [5.41, 5.74) is 0. The van der Waals surface area contributed by atoms with Gasteiger partial charge in [0.15, 0.2) is 0 Å². The lowest BCUT2D eigenvalue weighted by atomic mass is 10.3. The first-order valence-electron chi connectivity index (χ1n) is 8.83. The quantitative estimate of drug-likeness (QED) is 0.199. The molecule has 0 spiro atoms. The maximum Gasteiger partial charge on any atom is 0.259 e. The van der Waals surface area contributed by atoms with Gasteiger partial charge in [-0.05, 0) is 40.5 Å². The van der Waals surface area contributed by atoms with Gasteiger partial charge < -0.3 is 9.05 Å². The molecule has 0 aliphatic heterocycles. The van der Waals surface area contributed by atoms with Crippen LogP contribution in [-0.2, 0) is 9.05 Å². The molecule has 0 fully saturated rings. The van der Waals surface area contributed by atoms with Crippen LogP contribution in [0, 0.1) is 0 Å². The van der Waals surface area contributed by atoms with Crippen LogP contribution in [0.25, 0.3) is 0 Å². The van der Waals surface area contributed by atoms with E-state index in [9.17, 15) is 0 Å². The SMILES string of the molecule is CCCCOP(OCCCSSC(C)(C)C)N(C(C)C)C(C)C. The molecule has 1 atom stereocenters. The molecule has 0 heterocycles. The lowest BCUT2D eigenvalue weighted by molar-refractivity contribution is 0.173. The fourth-order valence-electron chi connectivity index (χ4n) is 1.91. The van der Waals surface area contributed by atoms with E-state index in [1.807, 2.05) is 21.6 Å². The zero-order chi connectivity index (χ0) is 17.9. The fourth-order valence-corrected chi connectivity index (χ4v) is 5.91. The highest BCUT2D eigenvalue weighted by Gasteiger charge is 2.26. The predicted molar refractivity (Wildman–Crippen MR) is 110 cm³/mol. The molecule has 0 aliphatic carbocycles. The molecule has 3 nitrogen and oxygen atoms in total. The Morgan fingerprint density at radius 2 is 1.48 bits per heavy atom. The minimum atomic E-state index is -0.941. The number of hydrogen-bond acceptors (Lipinski definition) is 5. The molecule has 0 N–H and O–H groups in total. The molecule has 140 valence electrons. The van der Waals surface area contributed by atoms with Crippen molar-refractivity contribution in [3.63, 3.8) is 0 Å². The highest BCUT2D eigenvalue weighted by molar-refractivity contribution is 8.77. The van der Waals surface area contributed by atoms with Gasteiger partial charge in [-0.1, -0.05) is 55.7 Å². The van der Waals surface area contributed by atoms with Gasteiger partial charge in [-0.2, -0.15) is 0 Å². The molecule has 0 saturated heterocycles. The van der Waals surface area contributed by atoms with E-state index in [-0.39, 0.29) is 0 Å². The van der Waals surface area contributed by atoms with Crippen LogP contribution in [0.4, 0.5) is 0 Å². The molecule has 0 aromatic heterocycles. The molecule has 0 amide bonds. The molecular weight excluding hydrogens is 345 g/mol. The second-order valence-electron chi connectivity index (χ2n) is 7.20. The van der Waals surface area contributed by atoms with Crippen LogP contribution in [0.15, 0.2) is 0 Å². The topological polar surface area (TPSA) is 21.7 Å². The normalized spacial score (nSPS) is 14.2. The summed E-state index contributed by atoms with van der Waals surface area (Å²) >= 11 is 0. The molecule has 0 aliphatic rings. The van der Waals surface area contributed by atoms with Gasteiger partial charge in [0.1, 0.15) is 0 Å². The van der Waals surface area contributed by atoms with Crippen LogP contribution in [0.5, 0.6) is 0 Å². The van der Waals surface area contributed by atoms with Gasteiger partial charge in [0.2, 0.25) is 0 Å². The molecule has 0 bridgehead atoms. The Bertz CT molecular complexity index is 278. The molecule has 1 unspecified atom stereocenters. The van der Waals surface area contributed by atoms with Crippen molar-refractivity contribution in [2.24, 2.45) is 0 Å². The Hall–Kier alpha value is 1.01. The number of nitrogens with zero attached hydrogens (tertiary/aromatic N) is 1. The van der Waals surface area contributed by atoms with Crippen molar-refractivity contribution < 1.29 is 9.05 Å². The lowest BCUT2D eigenvalue weighted by Gasteiger charge is -2.35. The van der Waals surface area contributed by atoms with Crippen molar-refractivity contribution in [3.05, 3.63) is 0 Å². The molecule has 0 aromatic carbocycles. The second-order valence-corrected chi connectivity index (χ2v) is 11.9. The van der Waals surface area contributed by atoms with E-state index in [0.717, 1.165) is 38.2 Å². The van der Waals surface area contributed by atoms with Gasteiger partial charge in [-0.25, -0.2) is 4.67 Å². The molecule has 0 radical (unpaired) electrons. The van der Waals surface area contributed by atoms with Crippen LogP contribution in [0.2, 0.25) is 0 Å². The molecular formula is C17H38NO2PS2. The third-order valence-corrected chi connectivity index (χ3v) is 8.36. The van der Waals surface area contributed by atoms with Crippen LogP contribution in [0.1, 0.15) is 74.7 Å². The summed E-state index contributed by atoms with van der Waals surface area (Å²) in [6, 6.07) is 0.877. The van der Waals surface area contributed by atoms with Gasteiger partial charge in [-0.15, -0.1) is 0 Å². The summed E-state index contributed by atoms with van der Waals surface area (Å²) < 4.78 is 14.9. The van der Waals surface area contributed by atoms with Crippen LogP contribution in [0.3, 0.4) is 0 Å².